The van der Waals surface area contributed by atoms with Gasteiger partial charge in [0.25, 0.3) is 5.91 Å². The average Bonchev–Trinajstić information content (AvgIpc) is 2.62. The van der Waals surface area contributed by atoms with Gasteiger partial charge in [0, 0.05) is 39.3 Å². The van der Waals surface area contributed by atoms with Crippen LogP contribution in [-0.4, -0.2) is 60.3 Å². The summed E-state index contributed by atoms with van der Waals surface area (Å²) in [4.78, 5) is 16.3. The first-order valence-electron chi connectivity index (χ1n) is 9.61. The molecule has 6 nitrogen and oxygen atoms in total. The molecule has 1 aromatic heterocycles. The van der Waals surface area contributed by atoms with Crippen LogP contribution in [0.2, 0.25) is 0 Å². The molecule has 1 aromatic rings. The molecule has 1 N–H and O–H groups in total. The minimum Gasteiger partial charge on any atom is -0.354 e. The molecule has 0 radical (unpaired) electrons. The molecule has 2 aliphatic rings. The van der Waals surface area contributed by atoms with Crippen molar-refractivity contribution in [2.75, 3.05) is 32.1 Å². The Labute approximate surface area is 151 Å². The molecule has 6 heteroatoms. The van der Waals surface area contributed by atoms with Crippen molar-refractivity contribution in [1.82, 2.24) is 20.4 Å². The number of rotatable bonds is 4. The van der Waals surface area contributed by atoms with E-state index in [1.54, 1.807) is 19.0 Å². The number of hydrogen-bond acceptors (Lipinski definition) is 5. The summed E-state index contributed by atoms with van der Waals surface area (Å²) in [5.41, 5.74) is 1.44. The highest BCUT2D eigenvalue weighted by molar-refractivity contribution is 5.98. The zero-order chi connectivity index (χ0) is 17.8. The average molecular weight is 345 g/mol. The van der Waals surface area contributed by atoms with Crippen LogP contribution in [0.3, 0.4) is 0 Å². The topological polar surface area (TPSA) is 61.4 Å². The number of piperidine rings is 1. The first-order valence-corrected chi connectivity index (χ1v) is 9.61. The second-order valence-corrected chi connectivity index (χ2v) is 7.69. The van der Waals surface area contributed by atoms with E-state index in [0.717, 1.165) is 37.4 Å². The summed E-state index contributed by atoms with van der Waals surface area (Å²) < 4.78 is 0. The van der Waals surface area contributed by atoms with Crippen LogP contribution in [0.25, 0.3) is 0 Å². The lowest BCUT2D eigenvalue weighted by Crippen LogP contribution is -2.47. The van der Waals surface area contributed by atoms with Crippen molar-refractivity contribution in [1.29, 1.82) is 0 Å². The third kappa shape index (κ3) is 4.48. The molecular weight excluding hydrogens is 314 g/mol. The molecule has 2 fully saturated rings. The molecule has 1 saturated heterocycles. The molecule has 138 valence electrons. The van der Waals surface area contributed by atoms with E-state index in [9.17, 15) is 4.79 Å². The SMILES string of the molecule is Cc1cc(C(=O)N(C)C)c(N2CCC(NC3CCCCC3)CC2)nn1. The van der Waals surface area contributed by atoms with Gasteiger partial charge in [0.05, 0.1) is 11.3 Å². The number of carbonyl (C=O) groups is 1. The molecule has 25 heavy (non-hydrogen) atoms. The molecule has 3 rings (SSSR count). The van der Waals surface area contributed by atoms with Crippen LogP contribution in [0, 0.1) is 6.92 Å². The van der Waals surface area contributed by atoms with Crippen molar-refractivity contribution in [3.8, 4) is 0 Å². The number of nitrogens with zero attached hydrogens (tertiary/aromatic N) is 4. The standard InChI is InChI=1S/C19H31N5O/c1-14-13-17(19(25)23(2)3)18(22-21-14)24-11-9-16(10-12-24)20-15-7-5-4-6-8-15/h13,15-16,20H,4-12H2,1-3H3. The Morgan fingerprint density at radius 3 is 2.36 bits per heavy atom. The van der Waals surface area contributed by atoms with Crippen molar-refractivity contribution in [3.05, 3.63) is 17.3 Å². The fourth-order valence-electron chi connectivity index (χ4n) is 3.97. The number of carbonyl (C=O) groups excluding carboxylic acids is 1. The van der Waals surface area contributed by atoms with Gasteiger partial charge in [-0.3, -0.25) is 4.79 Å². The maximum atomic E-state index is 12.5. The quantitative estimate of drug-likeness (QED) is 0.908. The van der Waals surface area contributed by atoms with Crippen molar-refractivity contribution < 1.29 is 4.79 Å². The molecule has 0 aromatic carbocycles. The van der Waals surface area contributed by atoms with E-state index >= 15 is 0 Å². The van der Waals surface area contributed by atoms with E-state index in [2.05, 4.69) is 20.4 Å². The Morgan fingerprint density at radius 1 is 1.08 bits per heavy atom. The summed E-state index contributed by atoms with van der Waals surface area (Å²) >= 11 is 0. The zero-order valence-corrected chi connectivity index (χ0v) is 15.8. The zero-order valence-electron chi connectivity index (χ0n) is 15.8. The summed E-state index contributed by atoms with van der Waals surface area (Å²) in [6, 6.07) is 3.15. The van der Waals surface area contributed by atoms with Gasteiger partial charge in [-0.05, 0) is 38.7 Å². The predicted molar refractivity (Wildman–Crippen MR) is 100 cm³/mol. The van der Waals surface area contributed by atoms with E-state index in [1.807, 2.05) is 13.0 Å². The maximum Gasteiger partial charge on any atom is 0.257 e. The number of hydrogen-bond donors (Lipinski definition) is 1. The third-order valence-electron chi connectivity index (χ3n) is 5.40. The molecule has 0 unspecified atom stereocenters. The summed E-state index contributed by atoms with van der Waals surface area (Å²) in [6.45, 7) is 3.73. The highest BCUT2D eigenvalue weighted by atomic mass is 16.2. The second-order valence-electron chi connectivity index (χ2n) is 7.69. The Kier molecular flexibility index (Phi) is 5.89. The van der Waals surface area contributed by atoms with Gasteiger partial charge in [0.15, 0.2) is 5.82 Å². The van der Waals surface area contributed by atoms with Crippen LogP contribution in [0.1, 0.15) is 61.0 Å². The smallest absolute Gasteiger partial charge is 0.257 e. The fourth-order valence-corrected chi connectivity index (χ4v) is 3.97. The van der Waals surface area contributed by atoms with E-state index in [4.69, 9.17) is 0 Å². The Hall–Kier alpha value is -1.69. The highest BCUT2D eigenvalue weighted by Crippen LogP contribution is 2.24. The van der Waals surface area contributed by atoms with Crippen LogP contribution in [0.4, 0.5) is 5.82 Å². The van der Waals surface area contributed by atoms with Crippen LogP contribution in [0.15, 0.2) is 6.07 Å². The lowest BCUT2D eigenvalue weighted by molar-refractivity contribution is 0.0827. The maximum absolute atomic E-state index is 12.5. The normalized spacial score (nSPS) is 19.9. The fraction of sp³-hybridized carbons (Fsp3) is 0.737. The highest BCUT2D eigenvalue weighted by Gasteiger charge is 2.26. The monoisotopic (exact) mass is 345 g/mol. The van der Waals surface area contributed by atoms with Crippen molar-refractivity contribution >= 4 is 11.7 Å². The molecule has 1 amide bonds. The molecule has 2 heterocycles. The van der Waals surface area contributed by atoms with Gasteiger partial charge >= 0.3 is 0 Å². The summed E-state index contributed by atoms with van der Waals surface area (Å²) in [7, 11) is 3.56. The molecule has 0 bridgehead atoms. The molecule has 0 atom stereocenters. The number of anilines is 1. The van der Waals surface area contributed by atoms with Crippen LogP contribution in [-0.2, 0) is 0 Å². The number of aryl methyl sites for hydroxylation is 1. The second kappa shape index (κ2) is 8.13. The van der Waals surface area contributed by atoms with E-state index < -0.39 is 0 Å². The first kappa shape index (κ1) is 18.1. The third-order valence-corrected chi connectivity index (χ3v) is 5.40. The van der Waals surface area contributed by atoms with Crippen LogP contribution < -0.4 is 10.2 Å². The summed E-state index contributed by atoms with van der Waals surface area (Å²) in [5, 5.41) is 12.4. The van der Waals surface area contributed by atoms with Crippen molar-refractivity contribution in [2.24, 2.45) is 0 Å². The van der Waals surface area contributed by atoms with Gasteiger partial charge in [0.2, 0.25) is 0 Å². The molecule has 1 saturated carbocycles. The summed E-state index contributed by atoms with van der Waals surface area (Å²) in [6.07, 6.45) is 8.97. The minimum atomic E-state index is -0.00421. The Bertz CT molecular complexity index is 589. The van der Waals surface area contributed by atoms with Crippen molar-refractivity contribution in [2.45, 2.75) is 64.0 Å². The molecular formula is C19H31N5O. The van der Waals surface area contributed by atoms with Gasteiger partial charge in [-0.15, -0.1) is 5.10 Å². The molecule has 1 aliphatic heterocycles. The lowest BCUT2D eigenvalue weighted by atomic mass is 9.93. The van der Waals surface area contributed by atoms with Gasteiger partial charge < -0.3 is 15.1 Å². The van der Waals surface area contributed by atoms with Gasteiger partial charge in [-0.2, -0.15) is 5.10 Å². The minimum absolute atomic E-state index is 0.00421. The number of aromatic nitrogens is 2. The van der Waals surface area contributed by atoms with Crippen LogP contribution >= 0.6 is 0 Å². The Morgan fingerprint density at radius 2 is 1.72 bits per heavy atom. The molecule has 1 aliphatic carbocycles. The van der Waals surface area contributed by atoms with E-state index in [0.29, 0.717) is 17.6 Å². The Balaban J connectivity index is 1.63. The summed E-state index contributed by atoms with van der Waals surface area (Å²) in [5.74, 6) is 0.732. The van der Waals surface area contributed by atoms with Crippen molar-refractivity contribution in [3.63, 3.8) is 0 Å². The van der Waals surface area contributed by atoms with Gasteiger partial charge in [-0.1, -0.05) is 19.3 Å². The predicted octanol–water partition coefficient (Wildman–Crippen LogP) is 2.38. The van der Waals surface area contributed by atoms with Gasteiger partial charge in [0.1, 0.15) is 0 Å². The number of nitrogens with one attached hydrogen (secondary N) is 1. The van der Waals surface area contributed by atoms with E-state index in [-0.39, 0.29) is 5.91 Å². The largest absolute Gasteiger partial charge is 0.354 e. The van der Waals surface area contributed by atoms with Crippen LogP contribution in [0.5, 0.6) is 0 Å². The molecule has 0 spiro atoms. The van der Waals surface area contributed by atoms with E-state index in [1.165, 1.54) is 32.1 Å². The lowest BCUT2D eigenvalue weighted by Gasteiger charge is -2.36. The first-order chi connectivity index (χ1) is 12.0. The van der Waals surface area contributed by atoms with Gasteiger partial charge in [-0.25, -0.2) is 0 Å². The number of amides is 1.